The molecule has 0 amide bonds. The average molecular weight is 287 g/mol. The molecule has 1 unspecified atom stereocenters. The molecular weight excluding hydrogens is 272 g/mol. The first-order chi connectivity index (χ1) is 7.65. The molecule has 0 saturated carbocycles. The van der Waals surface area contributed by atoms with Crippen LogP contribution in [0.3, 0.4) is 0 Å². The second-order valence-electron chi connectivity index (χ2n) is 3.58. The first-order valence-corrected chi connectivity index (χ1v) is 6.10. The lowest BCUT2D eigenvalue weighted by molar-refractivity contribution is 0.111. The van der Waals surface area contributed by atoms with Crippen molar-refractivity contribution in [3.8, 4) is 11.5 Å². The van der Waals surface area contributed by atoms with Gasteiger partial charge in [-0.2, -0.15) is 0 Å². The first kappa shape index (κ1) is 13.0. The fourth-order valence-corrected chi connectivity index (χ4v) is 1.65. The number of ether oxygens (including phenoxy) is 1. The molecule has 0 aliphatic carbocycles. The van der Waals surface area contributed by atoms with E-state index in [9.17, 15) is 9.90 Å². The Kier molecular flexibility index (Phi) is 5.32. The summed E-state index contributed by atoms with van der Waals surface area (Å²) in [7, 11) is 0. The van der Waals surface area contributed by atoms with Gasteiger partial charge in [0, 0.05) is 4.83 Å². The summed E-state index contributed by atoms with van der Waals surface area (Å²) in [6.07, 6.45) is 2.55. The minimum absolute atomic E-state index is 0.0106. The van der Waals surface area contributed by atoms with Gasteiger partial charge in [0.15, 0.2) is 17.8 Å². The SMILES string of the molecule is CC(Br)CCCOc1c(O)cccc1C=O. The van der Waals surface area contributed by atoms with E-state index in [2.05, 4.69) is 22.9 Å². The maximum atomic E-state index is 10.7. The van der Waals surface area contributed by atoms with Crippen LogP contribution < -0.4 is 4.74 Å². The van der Waals surface area contributed by atoms with Crippen molar-refractivity contribution >= 4 is 22.2 Å². The topological polar surface area (TPSA) is 46.5 Å². The van der Waals surface area contributed by atoms with Crippen LogP contribution in [0.1, 0.15) is 30.1 Å². The fourth-order valence-electron chi connectivity index (χ4n) is 1.33. The van der Waals surface area contributed by atoms with Gasteiger partial charge in [-0.3, -0.25) is 4.79 Å². The highest BCUT2D eigenvalue weighted by atomic mass is 79.9. The predicted octanol–water partition coefficient (Wildman–Crippen LogP) is 3.15. The Hall–Kier alpha value is -1.03. The number of phenols is 1. The van der Waals surface area contributed by atoms with E-state index in [-0.39, 0.29) is 11.5 Å². The van der Waals surface area contributed by atoms with E-state index in [1.54, 1.807) is 12.1 Å². The Bertz CT molecular complexity index is 350. The molecule has 1 rings (SSSR count). The summed E-state index contributed by atoms with van der Waals surface area (Å²) in [4.78, 5) is 11.2. The molecule has 0 fully saturated rings. The van der Waals surface area contributed by atoms with Crippen LogP contribution in [0.15, 0.2) is 18.2 Å². The number of carbonyl (C=O) groups excluding carboxylic acids is 1. The lowest BCUT2D eigenvalue weighted by Crippen LogP contribution is -2.02. The molecule has 0 saturated heterocycles. The maximum absolute atomic E-state index is 10.7. The fraction of sp³-hybridized carbons (Fsp3) is 0.417. The van der Waals surface area contributed by atoms with E-state index in [1.165, 1.54) is 6.07 Å². The molecule has 88 valence electrons. The van der Waals surface area contributed by atoms with Crippen LogP contribution in [0.4, 0.5) is 0 Å². The van der Waals surface area contributed by atoms with E-state index in [1.807, 2.05) is 0 Å². The third-order valence-electron chi connectivity index (χ3n) is 2.14. The quantitative estimate of drug-likeness (QED) is 0.496. The van der Waals surface area contributed by atoms with Crippen molar-refractivity contribution in [2.75, 3.05) is 6.61 Å². The molecule has 1 N–H and O–H groups in total. The van der Waals surface area contributed by atoms with Crippen molar-refractivity contribution < 1.29 is 14.6 Å². The van der Waals surface area contributed by atoms with Crippen LogP contribution in [-0.2, 0) is 0 Å². The number of para-hydroxylation sites is 1. The Morgan fingerprint density at radius 3 is 2.94 bits per heavy atom. The van der Waals surface area contributed by atoms with Crippen LogP contribution >= 0.6 is 15.9 Å². The van der Waals surface area contributed by atoms with Gasteiger partial charge < -0.3 is 9.84 Å². The molecule has 16 heavy (non-hydrogen) atoms. The lowest BCUT2D eigenvalue weighted by atomic mass is 10.2. The summed E-state index contributed by atoms with van der Waals surface area (Å²) in [5.41, 5.74) is 0.381. The molecule has 1 aromatic rings. The molecule has 0 aliphatic heterocycles. The lowest BCUT2D eigenvalue weighted by Gasteiger charge is -2.10. The molecule has 0 bridgehead atoms. The highest BCUT2D eigenvalue weighted by Gasteiger charge is 2.08. The van der Waals surface area contributed by atoms with Crippen LogP contribution in [-0.4, -0.2) is 22.8 Å². The standard InChI is InChI=1S/C12H15BrO3/c1-9(13)4-3-7-16-12-10(8-14)5-2-6-11(12)15/h2,5-6,8-9,15H,3-4,7H2,1H3. The number of hydrogen-bond donors (Lipinski definition) is 1. The van der Waals surface area contributed by atoms with E-state index in [0.29, 0.717) is 23.3 Å². The van der Waals surface area contributed by atoms with Gasteiger partial charge in [-0.15, -0.1) is 0 Å². The van der Waals surface area contributed by atoms with Crippen LogP contribution in [0.2, 0.25) is 0 Å². The number of alkyl halides is 1. The summed E-state index contributed by atoms with van der Waals surface area (Å²) in [6.45, 7) is 2.56. The highest BCUT2D eigenvalue weighted by Crippen LogP contribution is 2.29. The highest BCUT2D eigenvalue weighted by molar-refractivity contribution is 9.09. The summed E-state index contributed by atoms with van der Waals surface area (Å²) in [5, 5.41) is 9.54. The molecule has 0 heterocycles. The summed E-state index contributed by atoms with van der Waals surface area (Å²) >= 11 is 3.44. The number of aldehydes is 1. The molecular formula is C12H15BrO3. The number of aromatic hydroxyl groups is 1. The van der Waals surface area contributed by atoms with Gasteiger partial charge in [0.2, 0.25) is 0 Å². The largest absolute Gasteiger partial charge is 0.504 e. The Morgan fingerprint density at radius 2 is 2.31 bits per heavy atom. The van der Waals surface area contributed by atoms with Crippen molar-refractivity contribution in [2.24, 2.45) is 0 Å². The first-order valence-electron chi connectivity index (χ1n) is 5.19. The predicted molar refractivity (Wildman–Crippen MR) is 66.6 cm³/mol. The van der Waals surface area contributed by atoms with E-state index in [0.717, 1.165) is 12.8 Å². The van der Waals surface area contributed by atoms with Gasteiger partial charge in [-0.05, 0) is 25.0 Å². The van der Waals surface area contributed by atoms with Crippen LogP contribution in [0, 0.1) is 0 Å². The van der Waals surface area contributed by atoms with Gasteiger partial charge in [0.1, 0.15) is 0 Å². The Balaban J connectivity index is 2.55. The summed E-state index contributed by atoms with van der Waals surface area (Å²) in [6, 6.07) is 4.75. The zero-order valence-corrected chi connectivity index (χ0v) is 10.7. The number of rotatable bonds is 6. The number of halogens is 1. The van der Waals surface area contributed by atoms with Crippen molar-refractivity contribution in [3.05, 3.63) is 23.8 Å². The number of carbonyl (C=O) groups is 1. The zero-order valence-electron chi connectivity index (χ0n) is 9.15. The molecule has 0 aromatic heterocycles. The average Bonchev–Trinajstić information content (AvgIpc) is 2.25. The number of hydrogen-bond acceptors (Lipinski definition) is 3. The monoisotopic (exact) mass is 286 g/mol. The Labute approximate surface area is 104 Å². The molecule has 3 nitrogen and oxygen atoms in total. The summed E-state index contributed by atoms with van der Waals surface area (Å²) < 4.78 is 5.41. The maximum Gasteiger partial charge on any atom is 0.171 e. The van der Waals surface area contributed by atoms with Gasteiger partial charge in [-0.25, -0.2) is 0 Å². The van der Waals surface area contributed by atoms with Gasteiger partial charge >= 0.3 is 0 Å². The van der Waals surface area contributed by atoms with Crippen molar-refractivity contribution in [3.63, 3.8) is 0 Å². The third kappa shape index (κ3) is 3.85. The number of phenolic OH excluding ortho intramolecular Hbond substituents is 1. The number of benzene rings is 1. The van der Waals surface area contributed by atoms with E-state index in [4.69, 9.17) is 4.74 Å². The second-order valence-corrected chi connectivity index (χ2v) is 5.15. The Morgan fingerprint density at radius 1 is 1.56 bits per heavy atom. The normalized spacial score (nSPS) is 12.1. The molecule has 0 radical (unpaired) electrons. The molecule has 0 spiro atoms. The molecule has 1 aromatic carbocycles. The van der Waals surface area contributed by atoms with Gasteiger partial charge in [-0.1, -0.05) is 28.9 Å². The molecule has 4 heteroatoms. The van der Waals surface area contributed by atoms with E-state index < -0.39 is 0 Å². The van der Waals surface area contributed by atoms with Crippen molar-refractivity contribution in [2.45, 2.75) is 24.6 Å². The minimum atomic E-state index is 0.0106. The van der Waals surface area contributed by atoms with Crippen LogP contribution in [0.5, 0.6) is 11.5 Å². The minimum Gasteiger partial charge on any atom is -0.504 e. The second kappa shape index (κ2) is 6.53. The van der Waals surface area contributed by atoms with Gasteiger partial charge in [0.05, 0.1) is 12.2 Å². The third-order valence-corrected chi connectivity index (χ3v) is 2.60. The van der Waals surface area contributed by atoms with E-state index >= 15 is 0 Å². The van der Waals surface area contributed by atoms with Crippen LogP contribution in [0.25, 0.3) is 0 Å². The zero-order chi connectivity index (χ0) is 12.0. The summed E-state index contributed by atoms with van der Waals surface area (Å²) in [5.74, 6) is 0.288. The van der Waals surface area contributed by atoms with Crippen molar-refractivity contribution in [1.29, 1.82) is 0 Å². The smallest absolute Gasteiger partial charge is 0.171 e. The van der Waals surface area contributed by atoms with Gasteiger partial charge in [0.25, 0.3) is 0 Å². The molecule has 0 aliphatic rings. The van der Waals surface area contributed by atoms with Crippen molar-refractivity contribution in [1.82, 2.24) is 0 Å². The molecule has 1 atom stereocenters.